The lowest BCUT2D eigenvalue weighted by atomic mass is 10.1. The summed E-state index contributed by atoms with van der Waals surface area (Å²) < 4.78 is 0. The van der Waals surface area contributed by atoms with Crippen LogP contribution in [0.5, 0.6) is 0 Å². The number of benzene rings is 1. The zero-order chi connectivity index (χ0) is 11.1. The maximum atomic E-state index is 9.82. The van der Waals surface area contributed by atoms with E-state index in [1.54, 1.807) is 0 Å². The molecular formula is C12H19NO2. The molecule has 0 amide bonds. The zero-order valence-electron chi connectivity index (χ0n) is 9.06. The average molecular weight is 209 g/mol. The van der Waals surface area contributed by atoms with E-state index in [0.717, 1.165) is 12.0 Å². The highest BCUT2D eigenvalue weighted by atomic mass is 16.3. The van der Waals surface area contributed by atoms with Gasteiger partial charge in [-0.25, -0.2) is 0 Å². The van der Waals surface area contributed by atoms with Crippen LogP contribution in [0.15, 0.2) is 30.3 Å². The van der Waals surface area contributed by atoms with Crippen molar-refractivity contribution < 1.29 is 10.2 Å². The van der Waals surface area contributed by atoms with Gasteiger partial charge in [-0.05, 0) is 12.0 Å². The van der Waals surface area contributed by atoms with Crippen LogP contribution in [0.2, 0.25) is 0 Å². The average Bonchev–Trinajstić information content (AvgIpc) is 2.31. The smallest absolute Gasteiger partial charge is 0.0914 e. The van der Waals surface area contributed by atoms with E-state index in [0.29, 0.717) is 6.54 Å². The molecule has 0 aliphatic rings. The molecule has 84 valence electrons. The van der Waals surface area contributed by atoms with Crippen molar-refractivity contribution in [2.45, 2.75) is 25.5 Å². The Bertz CT molecular complexity index is 260. The molecule has 0 aliphatic heterocycles. The van der Waals surface area contributed by atoms with Crippen LogP contribution in [-0.4, -0.2) is 29.4 Å². The predicted octanol–water partition coefficient (Wildman–Crippen LogP) is 1.08. The van der Waals surface area contributed by atoms with Gasteiger partial charge in [-0.2, -0.15) is 0 Å². The third-order valence-corrected chi connectivity index (χ3v) is 2.50. The molecule has 0 fully saturated rings. The maximum absolute atomic E-state index is 9.82. The van der Waals surface area contributed by atoms with E-state index in [1.165, 1.54) is 0 Å². The molecule has 0 saturated carbocycles. The highest BCUT2D eigenvalue weighted by molar-refractivity contribution is 5.17. The summed E-state index contributed by atoms with van der Waals surface area (Å²) in [5.74, 6) is 0. The second-order valence-electron chi connectivity index (χ2n) is 3.62. The summed E-state index contributed by atoms with van der Waals surface area (Å²) in [5, 5.41) is 21.9. The van der Waals surface area contributed by atoms with E-state index >= 15 is 0 Å². The third-order valence-electron chi connectivity index (χ3n) is 2.50. The Kier molecular flexibility index (Phi) is 5.32. The highest BCUT2D eigenvalue weighted by Crippen LogP contribution is 2.10. The molecule has 3 nitrogen and oxygen atoms in total. The summed E-state index contributed by atoms with van der Waals surface area (Å²) in [6.45, 7) is 2.59. The summed E-state index contributed by atoms with van der Waals surface area (Å²) in [6, 6.07) is 9.59. The van der Waals surface area contributed by atoms with Gasteiger partial charge >= 0.3 is 0 Å². The van der Waals surface area contributed by atoms with Crippen molar-refractivity contribution >= 4 is 0 Å². The standard InChI is InChI=1S/C12H19NO2/c1-2-11(9-14)13-8-12(15)10-6-4-3-5-7-10/h3-7,11-15H,2,8-9H2,1H3. The number of rotatable bonds is 6. The topological polar surface area (TPSA) is 52.5 Å². The molecule has 0 saturated heterocycles. The first-order chi connectivity index (χ1) is 7.27. The van der Waals surface area contributed by atoms with Crippen LogP contribution in [0.3, 0.4) is 0 Å². The minimum Gasteiger partial charge on any atom is -0.395 e. The van der Waals surface area contributed by atoms with Crippen LogP contribution in [-0.2, 0) is 0 Å². The van der Waals surface area contributed by atoms with Gasteiger partial charge in [-0.3, -0.25) is 0 Å². The van der Waals surface area contributed by atoms with E-state index < -0.39 is 6.10 Å². The summed E-state index contributed by atoms with van der Waals surface area (Å²) in [4.78, 5) is 0. The number of hydrogen-bond acceptors (Lipinski definition) is 3. The van der Waals surface area contributed by atoms with Crippen LogP contribution < -0.4 is 5.32 Å². The van der Waals surface area contributed by atoms with Gasteiger partial charge < -0.3 is 15.5 Å². The summed E-state index contributed by atoms with van der Waals surface area (Å²) in [7, 11) is 0. The Hall–Kier alpha value is -0.900. The normalized spacial score (nSPS) is 14.9. The molecule has 1 aromatic rings. The van der Waals surface area contributed by atoms with Gasteiger partial charge in [0.1, 0.15) is 0 Å². The molecule has 0 spiro atoms. The van der Waals surface area contributed by atoms with Gasteiger partial charge in [0.25, 0.3) is 0 Å². The lowest BCUT2D eigenvalue weighted by Gasteiger charge is -2.17. The number of aliphatic hydroxyl groups is 2. The fraction of sp³-hybridized carbons (Fsp3) is 0.500. The Balaban J connectivity index is 2.39. The van der Waals surface area contributed by atoms with Crippen molar-refractivity contribution in [1.29, 1.82) is 0 Å². The molecule has 1 rings (SSSR count). The molecule has 2 atom stereocenters. The number of nitrogens with one attached hydrogen (secondary N) is 1. The van der Waals surface area contributed by atoms with Crippen molar-refractivity contribution in [2.75, 3.05) is 13.2 Å². The van der Waals surface area contributed by atoms with Crippen LogP contribution in [0.25, 0.3) is 0 Å². The first kappa shape index (κ1) is 12.2. The molecule has 1 aromatic carbocycles. The number of aliphatic hydroxyl groups excluding tert-OH is 2. The molecule has 3 heteroatoms. The molecule has 0 aliphatic carbocycles. The Morgan fingerprint density at radius 2 is 1.93 bits per heavy atom. The van der Waals surface area contributed by atoms with Gasteiger partial charge in [-0.1, -0.05) is 37.3 Å². The Labute approximate surface area is 90.8 Å². The van der Waals surface area contributed by atoms with Crippen molar-refractivity contribution in [3.63, 3.8) is 0 Å². The molecule has 0 heterocycles. The fourth-order valence-electron chi connectivity index (χ4n) is 1.41. The molecular weight excluding hydrogens is 190 g/mol. The van der Waals surface area contributed by atoms with Crippen LogP contribution in [0.4, 0.5) is 0 Å². The van der Waals surface area contributed by atoms with Crippen LogP contribution in [0.1, 0.15) is 25.0 Å². The Morgan fingerprint density at radius 3 is 2.47 bits per heavy atom. The predicted molar refractivity (Wildman–Crippen MR) is 60.6 cm³/mol. The van der Waals surface area contributed by atoms with E-state index in [1.807, 2.05) is 37.3 Å². The largest absolute Gasteiger partial charge is 0.395 e. The van der Waals surface area contributed by atoms with Gasteiger partial charge in [0.2, 0.25) is 0 Å². The van der Waals surface area contributed by atoms with E-state index in [-0.39, 0.29) is 12.6 Å². The molecule has 0 bridgehead atoms. The second kappa shape index (κ2) is 6.56. The van der Waals surface area contributed by atoms with Crippen molar-refractivity contribution in [3.8, 4) is 0 Å². The lowest BCUT2D eigenvalue weighted by molar-refractivity contribution is 0.158. The molecule has 15 heavy (non-hydrogen) atoms. The van der Waals surface area contributed by atoms with E-state index in [9.17, 15) is 5.11 Å². The SMILES string of the molecule is CCC(CO)NCC(O)c1ccccc1. The van der Waals surface area contributed by atoms with Crippen LogP contribution >= 0.6 is 0 Å². The van der Waals surface area contributed by atoms with Gasteiger partial charge in [0.15, 0.2) is 0 Å². The fourth-order valence-corrected chi connectivity index (χ4v) is 1.41. The first-order valence-electron chi connectivity index (χ1n) is 5.35. The summed E-state index contributed by atoms with van der Waals surface area (Å²) in [5.41, 5.74) is 0.901. The van der Waals surface area contributed by atoms with Crippen molar-refractivity contribution in [1.82, 2.24) is 5.32 Å². The Morgan fingerprint density at radius 1 is 1.27 bits per heavy atom. The number of hydrogen-bond donors (Lipinski definition) is 3. The minimum atomic E-state index is -0.508. The second-order valence-corrected chi connectivity index (χ2v) is 3.62. The molecule has 0 aromatic heterocycles. The minimum absolute atomic E-state index is 0.0726. The summed E-state index contributed by atoms with van der Waals surface area (Å²) in [6.07, 6.45) is 0.352. The van der Waals surface area contributed by atoms with Gasteiger partial charge in [-0.15, -0.1) is 0 Å². The summed E-state index contributed by atoms with van der Waals surface area (Å²) >= 11 is 0. The molecule has 2 unspecified atom stereocenters. The zero-order valence-corrected chi connectivity index (χ0v) is 9.06. The molecule has 0 radical (unpaired) electrons. The lowest BCUT2D eigenvalue weighted by Crippen LogP contribution is -2.34. The molecule has 3 N–H and O–H groups in total. The van der Waals surface area contributed by atoms with E-state index in [2.05, 4.69) is 5.32 Å². The third kappa shape index (κ3) is 4.00. The maximum Gasteiger partial charge on any atom is 0.0914 e. The van der Waals surface area contributed by atoms with E-state index in [4.69, 9.17) is 5.11 Å². The van der Waals surface area contributed by atoms with Gasteiger partial charge in [0, 0.05) is 12.6 Å². The highest BCUT2D eigenvalue weighted by Gasteiger charge is 2.09. The van der Waals surface area contributed by atoms with Crippen molar-refractivity contribution in [3.05, 3.63) is 35.9 Å². The van der Waals surface area contributed by atoms with Crippen molar-refractivity contribution in [2.24, 2.45) is 0 Å². The van der Waals surface area contributed by atoms with Gasteiger partial charge in [0.05, 0.1) is 12.7 Å². The quantitative estimate of drug-likeness (QED) is 0.657. The van der Waals surface area contributed by atoms with Crippen LogP contribution in [0, 0.1) is 0 Å². The first-order valence-corrected chi connectivity index (χ1v) is 5.35. The monoisotopic (exact) mass is 209 g/mol.